The largest absolute Gasteiger partial charge is 0.0843 e. The highest BCUT2D eigenvalue weighted by atomic mass is 35.5. The topological polar surface area (TPSA) is 0 Å². The highest BCUT2D eigenvalue weighted by Crippen LogP contribution is 2.30. The molecule has 0 nitrogen and oxygen atoms in total. The maximum atomic E-state index is 6.11. The number of rotatable bonds is 1. The molecule has 0 heterocycles. The molecular weight excluding hydrogens is 227 g/mol. The van der Waals surface area contributed by atoms with Crippen molar-refractivity contribution >= 4 is 23.2 Å². The van der Waals surface area contributed by atoms with Crippen LogP contribution in [0.2, 0.25) is 10.0 Å². The van der Waals surface area contributed by atoms with Gasteiger partial charge < -0.3 is 0 Å². The summed E-state index contributed by atoms with van der Waals surface area (Å²) in [5.41, 5.74) is 3.30. The van der Waals surface area contributed by atoms with E-state index in [-0.39, 0.29) is 0 Å². The van der Waals surface area contributed by atoms with Gasteiger partial charge in [-0.25, -0.2) is 0 Å². The Kier molecular flexibility index (Phi) is 2.99. The zero-order valence-corrected chi connectivity index (χ0v) is 9.81. The van der Waals surface area contributed by atoms with E-state index < -0.39 is 0 Å². The highest BCUT2D eigenvalue weighted by Gasteiger charge is 2.03. The van der Waals surface area contributed by atoms with Crippen molar-refractivity contribution in [3.05, 3.63) is 58.1 Å². The minimum atomic E-state index is 0.704. The van der Waals surface area contributed by atoms with Gasteiger partial charge in [0.25, 0.3) is 0 Å². The second kappa shape index (κ2) is 4.26. The lowest BCUT2D eigenvalue weighted by molar-refractivity contribution is 1.47. The van der Waals surface area contributed by atoms with Crippen molar-refractivity contribution in [2.45, 2.75) is 6.92 Å². The molecule has 15 heavy (non-hydrogen) atoms. The van der Waals surface area contributed by atoms with Crippen molar-refractivity contribution < 1.29 is 0 Å². The third-order valence-corrected chi connectivity index (χ3v) is 2.86. The Morgan fingerprint density at radius 3 is 2.20 bits per heavy atom. The first-order chi connectivity index (χ1) is 7.16. The number of aryl methyl sites for hydroxylation is 1. The lowest BCUT2D eigenvalue weighted by Crippen LogP contribution is -1.80. The van der Waals surface area contributed by atoms with Gasteiger partial charge in [-0.15, -0.1) is 0 Å². The normalized spacial score (nSPS) is 10.3. The van der Waals surface area contributed by atoms with E-state index in [1.807, 2.05) is 24.3 Å². The van der Waals surface area contributed by atoms with E-state index in [0.29, 0.717) is 5.02 Å². The molecular formula is C13H10Cl2. The second-order valence-electron chi connectivity index (χ2n) is 3.49. The average molecular weight is 237 g/mol. The maximum Gasteiger partial charge on any atom is 0.0485 e. The Morgan fingerprint density at radius 1 is 0.867 bits per heavy atom. The van der Waals surface area contributed by atoms with E-state index in [0.717, 1.165) is 16.1 Å². The van der Waals surface area contributed by atoms with Crippen LogP contribution in [0.25, 0.3) is 11.1 Å². The van der Waals surface area contributed by atoms with Crippen LogP contribution in [0, 0.1) is 6.92 Å². The highest BCUT2D eigenvalue weighted by molar-refractivity contribution is 6.35. The van der Waals surface area contributed by atoms with Gasteiger partial charge in [0, 0.05) is 15.6 Å². The Morgan fingerprint density at radius 2 is 1.53 bits per heavy atom. The van der Waals surface area contributed by atoms with Crippen LogP contribution in [0.1, 0.15) is 5.56 Å². The Labute approximate surface area is 99.5 Å². The van der Waals surface area contributed by atoms with Crippen molar-refractivity contribution in [2.24, 2.45) is 0 Å². The molecule has 0 saturated carbocycles. The number of hydrogen-bond donors (Lipinski definition) is 0. The van der Waals surface area contributed by atoms with Gasteiger partial charge in [0.1, 0.15) is 0 Å². The first-order valence-corrected chi connectivity index (χ1v) is 5.44. The zero-order chi connectivity index (χ0) is 10.8. The van der Waals surface area contributed by atoms with Gasteiger partial charge in [-0.3, -0.25) is 0 Å². The molecule has 0 amide bonds. The molecule has 2 rings (SSSR count). The molecule has 2 aromatic carbocycles. The van der Waals surface area contributed by atoms with Crippen molar-refractivity contribution in [1.82, 2.24) is 0 Å². The van der Waals surface area contributed by atoms with Crippen molar-refractivity contribution in [3.8, 4) is 11.1 Å². The molecule has 0 aromatic heterocycles. The summed E-state index contributed by atoms with van der Waals surface area (Å²) in [5.74, 6) is 0. The molecule has 0 unspecified atom stereocenters. The average Bonchev–Trinajstić information content (AvgIpc) is 2.23. The van der Waals surface area contributed by atoms with Crippen LogP contribution < -0.4 is 0 Å². The molecule has 0 saturated heterocycles. The molecule has 0 aliphatic carbocycles. The van der Waals surface area contributed by atoms with E-state index in [1.165, 1.54) is 5.56 Å². The number of benzene rings is 2. The van der Waals surface area contributed by atoms with E-state index in [1.54, 1.807) is 6.07 Å². The van der Waals surface area contributed by atoms with E-state index in [4.69, 9.17) is 23.2 Å². The Hall–Kier alpha value is -0.980. The third kappa shape index (κ3) is 2.34. The molecule has 0 N–H and O–H groups in total. The van der Waals surface area contributed by atoms with Gasteiger partial charge in [0.05, 0.1) is 0 Å². The lowest BCUT2D eigenvalue weighted by atomic mass is 10.0. The fraction of sp³-hybridized carbons (Fsp3) is 0.0769. The molecule has 2 aromatic rings. The molecule has 2 heteroatoms. The van der Waals surface area contributed by atoms with Gasteiger partial charge in [-0.2, -0.15) is 0 Å². The SMILES string of the molecule is Cc1ccc(-c2cc(Cl)ccc2Cl)cc1. The standard InChI is InChI=1S/C13H10Cl2/c1-9-2-4-10(5-3-9)12-8-11(14)6-7-13(12)15/h2-8H,1H3. The fourth-order valence-corrected chi connectivity index (χ4v) is 1.85. The molecule has 0 aliphatic heterocycles. The predicted molar refractivity (Wildman–Crippen MR) is 66.6 cm³/mol. The van der Waals surface area contributed by atoms with Crippen LogP contribution in [0.4, 0.5) is 0 Å². The number of halogens is 2. The van der Waals surface area contributed by atoms with Crippen LogP contribution in [-0.2, 0) is 0 Å². The van der Waals surface area contributed by atoms with Crippen LogP contribution in [0.15, 0.2) is 42.5 Å². The smallest absolute Gasteiger partial charge is 0.0485 e. The van der Waals surface area contributed by atoms with Crippen molar-refractivity contribution in [2.75, 3.05) is 0 Å². The molecule has 76 valence electrons. The van der Waals surface area contributed by atoms with Crippen LogP contribution >= 0.6 is 23.2 Å². The molecule has 0 spiro atoms. The molecule has 0 aliphatic rings. The summed E-state index contributed by atoms with van der Waals surface area (Å²) in [6, 6.07) is 13.7. The predicted octanol–water partition coefficient (Wildman–Crippen LogP) is 4.97. The fourth-order valence-electron chi connectivity index (χ4n) is 1.45. The Bertz CT molecular complexity index is 472. The number of hydrogen-bond acceptors (Lipinski definition) is 0. The van der Waals surface area contributed by atoms with Gasteiger partial charge in [0.15, 0.2) is 0 Å². The Balaban J connectivity index is 2.53. The summed E-state index contributed by atoms with van der Waals surface area (Å²) in [4.78, 5) is 0. The minimum absolute atomic E-state index is 0.704. The molecule has 0 radical (unpaired) electrons. The minimum Gasteiger partial charge on any atom is -0.0843 e. The summed E-state index contributed by atoms with van der Waals surface area (Å²) in [7, 11) is 0. The summed E-state index contributed by atoms with van der Waals surface area (Å²) in [6.45, 7) is 2.06. The summed E-state index contributed by atoms with van der Waals surface area (Å²) >= 11 is 12.1. The monoisotopic (exact) mass is 236 g/mol. The second-order valence-corrected chi connectivity index (χ2v) is 4.33. The van der Waals surface area contributed by atoms with Crippen LogP contribution in [-0.4, -0.2) is 0 Å². The van der Waals surface area contributed by atoms with Gasteiger partial charge in [-0.05, 0) is 30.7 Å². The van der Waals surface area contributed by atoms with E-state index >= 15 is 0 Å². The van der Waals surface area contributed by atoms with Crippen LogP contribution in [0.3, 0.4) is 0 Å². The van der Waals surface area contributed by atoms with Crippen molar-refractivity contribution in [1.29, 1.82) is 0 Å². The van der Waals surface area contributed by atoms with Crippen LogP contribution in [0.5, 0.6) is 0 Å². The molecule has 0 fully saturated rings. The van der Waals surface area contributed by atoms with E-state index in [9.17, 15) is 0 Å². The molecule has 0 bridgehead atoms. The third-order valence-electron chi connectivity index (χ3n) is 2.29. The zero-order valence-electron chi connectivity index (χ0n) is 8.30. The van der Waals surface area contributed by atoms with Gasteiger partial charge in [-0.1, -0.05) is 53.0 Å². The quantitative estimate of drug-likeness (QED) is 0.656. The summed E-state index contributed by atoms with van der Waals surface area (Å²) in [5, 5.41) is 1.43. The maximum absolute atomic E-state index is 6.11. The summed E-state index contributed by atoms with van der Waals surface area (Å²) in [6.07, 6.45) is 0. The van der Waals surface area contributed by atoms with E-state index in [2.05, 4.69) is 19.1 Å². The summed E-state index contributed by atoms with van der Waals surface area (Å²) < 4.78 is 0. The first-order valence-electron chi connectivity index (χ1n) is 4.69. The first kappa shape index (κ1) is 10.5. The lowest BCUT2D eigenvalue weighted by Gasteiger charge is -2.05. The van der Waals surface area contributed by atoms with Gasteiger partial charge >= 0.3 is 0 Å². The van der Waals surface area contributed by atoms with Crippen molar-refractivity contribution in [3.63, 3.8) is 0 Å². The van der Waals surface area contributed by atoms with Gasteiger partial charge in [0.2, 0.25) is 0 Å². The molecule has 0 atom stereocenters.